The van der Waals surface area contributed by atoms with Crippen LogP contribution in [-0.2, 0) is 20.0 Å². The topological polar surface area (TPSA) is 61.7 Å². The number of hydrogen-bond donors (Lipinski definition) is 1. The second kappa shape index (κ2) is 6.02. The second-order valence-electron chi connectivity index (χ2n) is 5.44. The van der Waals surface area contributed by atoms with E-state index < -0.39 is 0 Å². The van der Waals surface area contributed by atoms with Gasteiger partial charge in [0.05, 0.1) is 12.0 Å². The highest BCUT2D eigenvalue weighted by Gasteiger charge is 2.13. The standard InChI is InChI=1S/C14H23N5/c1-11(2)8-13(15)14-9-16-10-19(14)7-5-12-4-6-17-18(12)3/h4,6,9-11,13H,5,7-8,15H2,1-3H3. The number of rotatable bonds is 6. The minimum Gasteiger partial charge on any atom is -0.333 e. The van der Waals surface area contributed by atoms with E-state index in [0.717, 1.165) is 25.1 Å². The molecule has 2 N–H and O–H groups in total. The van der Waals surface area contributed by atoms with Crippen LogP contribution < -0.4 is 5.73 Å². The quantitative estimate of drug-likeness (QED) is 0.864. The van der Waals surface area contributed by atoms with Crippen LogP contribution in [0.5, 0.6) is 0 Å². The van der Waals surface area contributed by atoms with Gasteiger partial charge in [0.2, 0.25) is 0 Å². The summed E-state index contributed by atoms with van der Waals surface area (Å²) in [6.07, 6.45) is 7.50. The molecule has 0 amide bonds. The van der Waals surface area contributed by atoms with Gasteiger partial charge in [-0.2, -0.15) is 5.10 Å². The average molecular weight is 261 g/mol. The Morgan fingerprint density at radius 2 is 2.16 bits per heavy atom. The van der Waals surface area contributed by atoms with Crippen molar-refractivity contribution in [2.45, 2.75) is 39.3 Å². The highest BCUT2D eigenvalue weighted by molar-refractivity contribution is 5.06. The van der Waals surface area contributed by atoms with Gasteiger partial charge >= 0.3 is 0 Å². The molecule has 2 heterocycles. The summed E-state index contributed by atoms with van der Waals surface area (Å²) in [5.74, 6) is 0.593. The molecule has 2 aromatic heterocycles. The summed E-state index contributed by atoms with van der Waals surface area (Å²) in [7, 11) is 1.97. The Morgan fingerprint density at radius 3 is 2.79 bits per heavy atom. The van der Waals surface area contributed by atoms with Crippen molar-refractivity contribution in [1.29, 1.82) is 0 Å². The molecule has 2 aromatic rings. The minimum absolute atomic E-state index is 0.0639. The van der Waals surface area contributed by atoms with Crippen molar-refractivity contribution in [2.75, 3.05) is 0 Å². The fourth-order valence-corrected chi connectivity index (χ4v) is 2.34. The molecule has 0 bridgehead atoms. The molecule has 0 fully saturated rings. The van der Waals surface area contributed by atoms with Gasteiger partial charge in [0, 0.05) is 44.1 Å². The second-order valence-corrected chi connectivity index (χ2v) is 5.44. The number of nitrogens with two attached hydrogens (primary N) is 1. The Morgan fingerprint density at radius 1 is 1.37 bits per heavy atom. The zero-order valence-electron chi connectivity index (χ0n) is 12.0. The number of nitrogens with zero attached hydrogens (tertiary/aromatic N) is 4. The van der Waals surface area contributed by atoms with Gasteiger partial charge in [-0.3, -0.25) is 4.68 Å². The molecule has 1 unspecified atom stereocenters. The van der Waals surface area contributed by atoms with E-state index in [2.05, 4.69) is 28.5 Å². The Kier molecular flexibility index (Phi) is 4.37. The first kappa shape index (κ1) is 13.8. The molecule has 0 aliphatic heterocycles. The molecular weight excluding hydrogens is 238 g/mol. The summed E-state index contributed by atoms with van der Waals surface area (Å²) in [6, 6.07) is 2.11. The fraction of sp³-hybridized carbons (Fsp3) is 0.571. The summed E-state index contributed by atoms with van der Waals surface area (Å²) in [6.45, 7) is 5.27. The highest BCUT2D eigenvalue weighted by atomic mass is 15.3. The molecule has 104 valence electrons. The van der Waals surface area contributed by atoms with Gasteiger partial charge in [-0.25, -0.2) is 4.98 Å². The Balaban J connectivity index is 2.01. The Labute approximate surface area is 114 Å². The third-order valence-corrected chi connectivity index (χ3v) is 3.38. The maximum absolute atomic E-state index is 6.24. The lowest BCUT2D eigenvalue weighted by atomic mass is 10.0. The Bertz CT molecular complexity index is 511. The molecule has 0 aliphatic rings. The molecule has 0 radical (unpaired) electrons. The molecule has 19 heavy (non-hydrogen) atoms. The van der Waals surface area contributed by atoms with Crippen molar-refractivity contribution in [3.63, 3.8) is 0 Å². The lowest BCUT2D eigenvalue weighted by Gasteiger charge is -2.16. The van der Waals surface area contributed by atoms with Crippen LogP contribution in [0.3, 0.4) is 0 Å². The van der Waals surface area contributed by atoms with E-state index in [-0.39, 0.29) is 6.04 Å². The van der Waals surface area contributed by atoms with E-state index in [1.54, 1.807) is 0 Å². The molecule has 2 rings (SSSR count). The molecule has 5 heteroatoms. The molecule has 1 atom stereocenters. The number of aryl methyl sites for hydroxylation is 3. The lowest BCUT2D eigenvalue weighted by Crippen LogP contribution is -2.18. The van der Waals surface area contributed by atoms with E-state index in [1.165, 1.54) is 5.69 Å². The number of aromatic nitrogens is 4. The summed E-state index contributed by atoms with van der Waals surface area (Å²) >= 11 is 0. The zero-order chi connectivity index (χ0) is 13.8. The van der Waals surface area contributed by atoms with Crippen LogP contribution in [0.1, 0.15) is 37.7 Å². The maximum atomic E-state index is 6.24. The van der Waals surface area contributed by atoms with E-state index >= 15 is 0 Å². The van der Waals surface area contributed by atoms with E-state index in [4.69, 9.17) is 5.73 Å². The lowest BCUT2D eigenvalue weighted by molar-refractivity contribution is 0.481. The third-order valence-electron chi connectivity index (χ3n) is 3.38. The van der Waals surface area contributed by atoms with Gasteiger partial charge in [-0.05, 0) is 18.4 Å². The molecule has 0 aromatic carbocycles. The van der Waals surface area contributed by atoms with Crippen LogP contribution in [0.25, 0.3) is 0 Å². The molecule has 5 nitrogen and oxygen atoms in total. The predicted molar refractivity (Wildman–Crippen MR) is 75.5 cm³/mol. The summed E-state index contributed by atoms with van der Waals surface area (Å²) in [5, 5.41) is 4.18. The van der Waals surface area contributed by atoms with Crippen molar-refractivity contribution in [1.82, 2.24) is 19.3 Å². The van der Waals surface area contributed by atoms with Gasteiger partial charge in [0.15, 0.2) is 0 Å². The smallest absolute Gasteiger partial charge is 0.0948 e. The van der Waals surface area contributed by atoms with Crippen molar-refractivity contribution < 1.29 is 0 Å². The number of hydrogen-bond acceptors (Lipinski definition) is 3. The minimum atomic E-state index is 0.0639. The summed E-state index contributed by atoms with van der Waals surface area (Å²) in [4.78, 5) is 4.23. The monoisotopic (exact) mass is 261 g/mol. The largest absolute Gasteiger partial charge is 0.333 e. The van der Waals surface area contributed by atoms with Gasteiger partial charge in [0.25, 0.3) is 0 Å². The van der Waals surface area contributed by atoms with Gasteiger partial charge in [-0.1, -0.05) is 13.8 Å². The van der Waals surface area contributed by atoms with Crippen LogP contribution in [0.15, 0.2) is 24.8 Å². The molecule has 0 aliphatic carbocycles. The van der Waals surface area contributed by atoms with Crippen LogP contribution >= 0.6 is 0 Å². The van der Waals surface area contributed by atoms with E-state index in [0.29, 0.717) is 5.92 Å². The Hall–Kier alpha value is -1.62. The molecule has 0 spiro atoms. The fourth-order valence-electron chi connectivity index (χ4n) is 2.34. The van der Waals surface area contributed by atoms with Crippen LogP contribution in [0.4, 0.5) is 0 Å². The predicted octanol–water partition coefficient (Wildman–Crippen LogP) is 1.91. The van der Waals surface area contributed by atoms with E-state index in [9.17, 15) is 0 Å². The van der Waals surface area contributed by atoms with E-state index in [1.807, 2.05) is 36.5 Å². The summed E-state index contributed by atoms with van der Waals surface area (Å²) in [5.41, 5.74) is 8.58. The SMILES string of the molecule is CC(C)CC(N)c1cncn1CCc1ccnn1C. The summed E-state index contributed by atoms with van der Waals surface area (Å²) < 4.78 is 4.06. The molecule has 0 saturated heterocycles. The van der Waals surface area contributed by atoms with Crippen molar-refractivity contribution in [2.24, 2.45) is 18.7 Å². The first-order valence-corrected chi connectivity index (χ1v) is 6.80. The first-order valence-electron chi connectivity index (χ1n) is 6.80. The zero-order valence-corrected chi connectivity index (χ0v) is 12.0. The normalized spacial score (nSPS) is 13.1. The van der Waals surface area contributed by atoms with Crippen molar-refractivity contribution in [3.05, 3.63) is 36.2 Å². The average Bonchev–Trinajstić information content (AvgIpc) is 2.94. The van der Waals surface area contributed by atoms with Crippen LogP contribution in [0, 0.1) is 5.92 Å². The van der Waals surface area contributed by atoms with Gasteiger partial charge in [0.1, 0.15) is 0 Å². The first-order chi connectivity index (χ1) is 9.08. The van der Waals surface area contributed by atoms with Gasteiger partial charge < -0.3 is 10.3 Å². The van der Waals surface area contributed by atoms with Gasteiger partial charge in [-0.15, -0.1) is 0 Å². The number of imidazole rings is 1. The van der Waals surface area contributed by atoms with Crippen LogP contribution in [0.2, 0.25) is 0 Å². The molecule has 0 saturated carbocycles. The highest BCUT2D eigenvalue weighted by Crippen LogP contribution is 2.18. The van der Waals surface area contributed by atoms with Crippen molar-refractivity contribution in [3.8, 4) is 0 Å². The van der Waals surface area contributed by atoms with Crippen LogP contribution in [-0.4, -0.2) is 19.3 Å². The molecular formula is C14H23N5. The third kappa shape index (κ3) is 3.44. The van der Waals surface area contributed by atoms with Crippen molar-refractivity contribution >= 4 is 0 Å². The maximum Gasteiger partial charge on any atom is 0.0948 e.